The quantitative estimate of drug-likeness (QED) is 0.793. The van der Waals surface area contributed by atoms with Crippen LogP contribution in [0.1, 0.15) is 40.0 Å². The van der Waals surface area contributed by atoms with Crippen LogP contribution in [0, 0.1) is 22.7 Å². The summed E-state index contributed by atoms with van der Waals surface area (Å²) >= 11 is 0. The lowest BCUT2D eigenvalue weighted by molar-refractivity contribution is 0.159. The van der Waals surface area contributed by atoms with E-state index in [1.54, 1.807) is 0 Å². The summed E-state index contributed by atoms with van der Waals surface area (Å²) in [6.45, 7) is 9.57. The molecule has 0 aliphatic carbocycles. The Balaban J connectivity index is 2.25. The molecule has 3 nitrogen and oxygen atoms in total. The summed E-state index contributed by atoms with van der Waals surface area (Å²) < 4.78 is 0. The number of nitriles is 1. The molecule has 0 aromatic rings. The molecule has 16 heavy (non-hydrogen) atoms. The average Bonchev–Trinajstić information content (AvgIpc) is 2.16. The smallest absolute Gasteiger partial charge is 0.0683 e. The Labute approximate surface area is 99.6 Å². The number of likely N-dealkylation sites (tertiary alicyclic amines) is 1. The lowest BCUT2D eigenvalue weighted by Gasteiger charge is -2.35. The molecule has 1 aliphatic rings. The van der Waals surface area contributed by atoms with E-state index in [2.05, 4.69) is 17.9 Å². The molecular formula is C13H25N3. The molecule has 0 spiro atoms. The first kappa shape index (κ1) is 13.5. The Hall–Kier alpha value is -0.590. The zero-order chi connectivity index (χ0) is 12.2. The van der Waals surface area contributed by atoms with E-state index in [0.717, 1.165) is 32.4 Å². The first-order valence-corrected chi connectivity index (χ1v) is 6.32. The molecule has 1 fully saturated rings. The molecule has 0 radical (unpaired) electrons. The molecule has 2 atom stereocenters. The highest BCUT2D eigenvalue weighted by Gasteiger charge is 2.22. The predicted octanol–water partition coefficient (Wildman–Crippen LogP) is 1.99. The second kappa shape index (κ2) is 5.65. The fourth-order valence-electron chi connectivity index (χ4n) is 2.50. The number of nitrogens with zero attached hydrogens (tertiary/aromatic N) is 2. The van der Waals surface area contributed by atoms with Crippen molar-refractivity contribution in [1.82, 2.24) is 4.90 Å². The molecule has 1 rings (SSSR count). The monoisotopic (exact) mass is 223 g/mol. The van der Waals surface area contributed by atoms with Crippen LogP contribution < -0.4 is 5.73 Å². The molecule has 1 saturated heterocycles. The van der Waals surface area contributed by atoms with E-state index in [4.69, 9.17) is 11.0 Å². The third-order valence-corrected chi connectivity index (χ3v) is 3.35. The first-order valence-electron chi connectivity index (χ1n) is 6.32. The summed E-state index contributed by atoms with van der Waals surface area (Å²) in [4.78, 5) is 2.45. The Kier molecular flexibility index (Phi) is 4.76. The molecule has 1 heterocycles. The lowest BCUT2D eigenvalue weighted by Crippen LogP contribution is -2.46. The Morgan fingerprint density at radius 1 is 1.44 bits per heavy atom. The van der Waals surface area contributed by atoms with Crippen molar-refractivity contribution in [1.29, 1.82) is 5.26 Å². The highest BCUT2D eigenvalue weighted by Crippen LogP contribution is 2.22. The standard InChI is InChI=1S/C13H25N3/c1-11-7-12(15)9-16(8-11)6-4-5-13(2,3)10-14/h11-12H,4-9,15H2,1-3H3. The summed E-state index contributed by atoms with van der Waals surface area (Å²) in [6, 6.07) is 2.69. The molecule has 0 bridgehead atoms. The molecule has 0 aromatic carbocycles. The number of hydrogen-bond donors (Lipinski definition) is 1. The van der Waals surface area contributed by atoms with Crippen molar-refractivity contribution in [3.05, 3.63) is 0 Å². The van der Waals surface area contributed by atoms with Crippen molar-refractivity contribution in [2.75, 3.05) is 19.6 Å². The van der Waals surface area contributed by atoms with Gasteiger partial charge in [0.1, 0.15) is 0 Å². The van der Waals surface area contributed by atoms with Gasteiger partial charge in [-0.25, -0.2) is 0 Å². The maximum Gasteiger partial charge on any atom is 0.0683 e. The van der Waals surface area contributed by atoms with Crippen molar-refractivity contribution in [3.8, 4) is 6.07 Å². The zero-order valence-corrected chi connectivity index (χ0v) is 10.9. The average molecular weight is 223 g/mol. The topological polar surface area (TPSA) is 53.0 Å². The maximum atomic E-state index is 8.93. The van der Waals surface area contributed by atoms with Gasteiger partial charge in [0.15, 0.2) is 0 Å². The van der Waals surface area contributed by atoms with Gasteiger partial charge in [-0.05, 0) is 45.6 Å². The van der Waals surface area contributed by atoms with Crippen molar-refractivity contribution in [2.24, 2.45) is 17.1 Å². The van der Waals surface area contributed by atoms with Crippen LogP contribution in [0.25, 0.3) is 0 Å². The van der Waals surface area contributed by atoms with Crippen LogP contribution >= 0.6 is 0 Å². The van der Waals surface area contributed by atoms with Crippen LogP contribution in [-0.2, 0) is 0 Å². The van der Waals surface area contributed by atoms with Gasteiger partial charge in [0.05, 0.1) is 11.5 Å². The van der Waals surface area contributed by atoms with Gasteiger partial charge in [-0.1, -0.05) is 6.92 Å². The van der Waals surface area contributed by atoms with E-state index < -0.39 is 0 Å². The minimum atomic E-state index is -0.177. The summed E-state index contributed by atoms with van der Waals surface area (Å²) in [6.07, 6.45) is 3.23. The van der Waals surface area contributed by atoms with Crippen molar-refractivity contribution >= 4 is 0 Å². The summed E-state index contributed by atoms with van der Waals surface area (Å²) in [5.74, 6) is 0.715. The van der Waals surface area contributed by atoms with E-state index in [1.807, 2.05) is 13.8 Å². The fraction of sp³-hybridized carbons (Fsp3) is 0.923. The lowest BCUT2D eigenvalue weighted by atomic mass is 9.89. The van der Waals surface area contributed by atoms with Gasteiger partial charge in [-0.2, -0.15) is 5.26 Å². The summed E-state index contributed by atoms with van der Waals surface area (Å²) in [5, 5.41) is 8.93. The van der Waals surface area contributed by atoms with E-state index in [1.165, 1.54) is 6.54 Å². The Bertz CT molecular complexity index is 244. The number of rotatable bonds is 4. The fourth-order valence-corrected chi connectivity index (χ4v) is 2.50. The minimum Gasteiger partial charge on any atom is -0.327 e. The highest BCUT2D eigenvalue weighted by molar-refractivity contribution is 4.91. The maximum absolute atomic E-state index is 8.93. The third-order valence-electron chi connectivity index (χ3n) is 3.35. The molecule has 2 N–H and O–H groups in total. The van der Waals surface area contributed by atoms with Crippen LogP contribution in [0.3, 0.4) is 0 Å². The Morgan fingerprint density at radius 2 is 2.12 bits per heavy atom. The highest BCUT2D eigenvalue weighted by atomic mass is 15.1. The van der Waals surface area contributed by atoms with Crippen LogP contribution in [0.5, 0.6) is 0 Å². The van der Waals surface area contributed by atoms with Crippen molar-refractivity contribution < 1.29 is 0 Å². The second-order valence-corrected chi connectivity index (χ2v) is 5.96. The molecule has 3 heteroatoms. The van der Waals surface area contributed by atoms with Crippen LogP contribution in [0.15, 0.2) is 0 Å². The van der Waals surface area contributed by atoms with Crippen LogP contribution in [-0.4, -0.2) is 30.6 Å². The van der Waals surface area contributed by atoms with Gasteiger partial charge in [0, 0.05) is 19.1 Å². The Morgan fingerprint density at radius 3 is 2.69 bits per heavy atom. The van der Waals surface area contributed by atoms with Gasteiger partial charge in [-0.3, -0.25) is 0 Å². The number of hydrogen-bond acceptors (Lipinski definition) is 3. The summed E-state index contributed by atoms with van der Waals surface area (Å²) in [7, 11) is 0. The zero-order valence-electron chi connectivity index (χ0n) is 10.9. The second-order valence-electron chi connectivity index (χ2n) is 5.96. The molecule has 2 unspecified atom stereocenters. The summed E-state index contributed by atoms with van der Waals surface area (Å²) in [5.41, 5.74) is 5.83. The number of piperidine rings is 1. The molecule has 0 aromatic heterocycles. The van der Waals surface area contributed by atoms with E-state index in [9.17, 15) is 0 Å². The van der Waals surface area contributed by atoms with Gasteiger partial charge in [0.2, 0.25) is 0 Å². The first-order chi connectivity index (χ1) is 7.43. The molecule has 0 saturated carbocycles. The molecule has 0 amide bonds. The van der Waals surface area contributed by atoms with Gasteiger partial charge >= 0.3 is 0 Å². The molecular weight excluding hydrogens is 198 g/mol. The number of nitrogens with two attached hydrogens (primary N) is 1. The van der Waals surface area contributed by atoms with E-state index >= 15 is 0 Å². The van der Waals surface area contributed by atoms with Crippen molar-refractivity contribution in [2.45, 2.75) is 46.1 Å². The van der Waals surface area contributed by atoms with Gasteiger partial charge in [-0.15, -0.1) is 0 Å². The van der Waals surface area contributed by atoms with Crippen LogP contribution in [0.2, 0.25) is 0 Å². The third kappa shape index (κ3) is 4.51. The largest absolute Gasteiger partial charge is 0.327 e. The van der Waals surface area contributed by atoms with Crippen molar-refractivity contribution in [3.63, 3.8) is 0 Å². The SMILES string of the molecule is CC1CC(N)CN(CCCC(C)(C)C#N)C1. The van der Waals surface area contributed by atoms with Gasteiger partial charge in [0.25, 0.3) is 0 Å². The van der Waals surface area contributed by atoms with Gasteiger partial charge < -0.3 is 10.6 Å². The minimum absolute atomic E-state index is 0.177. The van der Waals surface area contributed by atoms with E-state index in [0.29, 0.717) is 12.0 Å². The normalized spacial score (nSPS) is 27.7. The van der Waals surface area contributed by atoms with E-state index in [-0.39, 0.29) is 5.41 Å². The molecule has 92 valence electrons. The van der Waals surface area contributed by atoms with Crippen LogP contribution in [0.4, 0.5) is 0 Å². The predicted molar refractivity (Wildman–Crippen MR) is 66.8 cm³/mol. The molecule has 1 aliphatic heterocycles.